The number of aryl methyl sites for hydroxylation is 1. The molecule has 0 radical (unpaired) electrons. The summed E-state index contributed by atoms with van der Waals surface area (Å²) in [5, 5.41) is 2.52. The Morgan fingerprint density at radius 1 is 1.11 bits per heavy atom. The fourth-order valence-electron chi connectivity index (χ4n) is 2.61. The average Bonchev–Trinajstić information content (AvgIpc) is 2.67. The summed E-state index contributed by atoms with van der Waals surface area (Å²) in [5.41, 5.74) is 0.843. The summed E-state index contributed by atoms with van der Waals surface area (Å²) in [7, 11) is 1.70. The van der Waals surface area contributed by atoms with Gasteiger partial charge in [0.1, 0.15) is 18.2 Å². The molecule has 7 heteroatoms. The molecule has 0 aliphatic rings. The lowest BCUT2D eigenvalue weighted by Crippen LogP contribution is -2.26. The minimum absolute atomic E-state index is 0.000352. The second-order valence-electron chi connectivity index (χ2n) is 6.19. The number of nitrogens with one attached hydrogen (secondary N) is 1. The average molecular weight is 384 g/mol. The summed E-state index contributed by atoms with van der Waals surface area (Å²) < 4.78 is 33.8. The number of pyridine rings is 1. The fraction of sp³-hybridized carbons (Fsp3) is 0.143. The molecule has 1 aromatic heterocycles. The SMILES string of the molecule is Cn1cc(OCc2ccccc2)c(=O)cc1CNC(=O)c1ccc(F)cc1F. The van der Waals surface area contributed by atoms with Crippen LogP contribution in [0.2, 0.25) is 0 Å². The van der Waals surface area contributed by atoms with E-state index >= 15 is 0 Å². The first kappa shape index (κ1) is 19.3. The van der Waals surface area contributed by atoms with E-state index in [1.54, 1.807) is 11.6 Å². The number of amides is 1. The zero-order chi connectivity index (χ0) is 20.1. The normalized spacial score (nSPS) is 10.5. The van der Waals surface area contributed by atoms with Gasteiger partial charge in [-0.15, -0.1) is 0 Å². The van der Waals surface area contributed by atoms with Crippen molar-refractivity contribution < 1.29 is 18.3 Å². The molecule has 0 bridgehead atoms. The number of hydrogen-bond acceptors (Lipinski definition) is 3. The van der Waals surface area contributed by atoms with Gasteiger partial charge >= 0.3 is 0 Å². The van der Waals surface area contributed by atoms with Crippen molar-refractivity contribution in [1.29, 1.82) is 0 Å². The zero-order valence-corrected chi connectivity index (χ0v) is 15.1. The standard InChI is InChI=1S/C21H18F2N2O3/c1-25-12-20(28-13-14-5-3-2-4-6-14)19(26)10-16(25)11-24-21(27)17-8-7-15(22)9-18(17)23/h2-10,12H,11,13H2,1H3,(H,24,27). The third-order valence-electron chi connectivity index (χ3n) is 4.15. The van der Waals surface area contributed by atoms with Crippen molar-refractivity contribution in [3.63, 3.8) is 0 Å². The number of rotatable bonds is 6. The van der Waals surface area contributed by atoms with Crippen molar-refractivity contribution >= 4 is 5.91 Å². The first-order valence-electron chi connectivity index (χ1n) is 8.53. The van der Waals surface area contributed by atoms with Crippen LogP contribution in [0.25, 0.3) is 0 Å². The number of benzene rings is 2. The Labute approximate surface area is 160 Å². The van der Waals surface area contributed by atoms with Crippen LogP contribution in [0.4, 0.5) is 8.78 Å². The lowest BCUT2D eigenvalue weighted by molar-refractivity contribution is 0.0946. The van der Waals surface area contributed by atoms with E-state index < -0.39 is 17.5 Å². The Morgan fingerprint density at radius 3 is 2.57 bits per heavy atom. The molecular formula is C21H18F2N2O3. The lowest BCUT2D eigenvalue weighted by atomic mass is 10.2. The summed E-state index contributed by atoms with van der Waals surface area (Å²) in [5.74, 6) is -2.22. The largest absolute Gasteiger partial charge is 0.483 e. The molecule has 3 aromatic rings. The zero-order valence-electron chi connectivity index (χ0n) is 15.1. The number of carbonyl (C=O) groups is 1. The molecule has 1 heterocycles. The first-order chi connectivity index (χ1) is 13.4. The van der Waals surface area contributed by atoms with Gasteiger partial charge in [-0.25, -0.2) is 8.78 Å². The van der Waals surface area contributed by atoms with Crippen molar-refractivity contribution in [3.8, 4) is 5.75 Å². The van der Waals surface area contributed by atoms with Crippen LogP contribution in [0.15, 0.2) is 65.6 Å². The molecular weight excluding hydrogens is 366 g/mol. The molecule has 28 heavy (non-hydrogen) atoms. The maximum absolute atomic E-state index is 13.7. The van der Waals surface area contributed by atoms with E-state index in [1.165, 1.54) is 12.3 Å². The van der Waals surface area contributed by atoms with Gasteiger partial charge in [-0.05, 0) is 17.7 Å². The van der Waals surface area contributed by atoms with Gasteiger partial charge in [-0.3, -0.25) is 9.59 Å². The van der Waals surface area contributed by atoms with Crippen LogP contribution in [0.5, 0.6) is 5.75 Å². The lowest BCUT2D eigenvalue weighted by Gasteiger charge is -2.13. The number of ether oxygens (including phenoxy) is 1. The molecule has 1 N–H and O–H groups in total. The van der Waals surface area contributed by atoms with Crippen LogP contribution in [-0.4, -0.2) is 10.5 Å². The van der Waals surface area contributed by atoms with Gasteiger partial charge in [0, 0.05) is 24.9 Å². The molecule has 5 nitrogen and oxygen atoms in total. The van der Waals surface area contributed by atoms with Crippen LogP contribution in [0.1, 0.15) is 21.6 Å². The van der Waals surface area contributed by atoms with Gasteiger partial charge in [-0.2, -0.15) is 0 Å². The topological polar surface area (TPSA) is 60.3 Å². The van der Waals surface area contributed by atoms with Gasteiger partial charge in [0.2, 0.25) is 5.43 Å². The van der Waals surface area contributed by atoms with E-state index in [9.17, 15) is 18.4 Å². The quantitative estimate of drug-likeness (QED) is 0.710. The molecule has 0 aliphatic carbocycles. The molecule has 0 saturated heterocycles. The van der Waals surface area contributed by atoms with Crippen molar-refractivity contribution in [2.45, 2.75) is 13.2 Å². The molecule has 0 fully saturated rings. The summed E-state index contributed by atoms with van der Waals surface area (Å²) >= 11 is 0. The Kier molecular flexibility index (Phi) is 5.84. The van der Waals surface area contributed by atoms with Crippen LogP contribution in [0, 0.1) is 11.6 Å². The number of hydrogen-bond donors (Lipinski definition) is 1. The van der Waals surface area contributed by atoms with Crippen LogP contribution < -0.4 is 15.5 Å². The monoisotopic (exact) mass is 384 g/mol. The predicted octanol–water partition coefficient (Wildman–Crippen LogP) is 3.17. The van der Waals surface area contributed by atoms with Gasteiger partial charge in [0.05, 0.1) is 18.3 Å². The van der Waals surface area contributed by atoms with Gasteiger partial charge < -0.3 is 14.6 Å². The molecule has 0 saturated carbocycles. The molecule has 0 unspecified atom stereocenters. The molecule has 0 aliphatic heterocycles. The van der Waals surface area contributed by atoms with Crippen LogP contribution in [-0.2, 0) is 20.2 Å². The molecule has 3 rings (SSSR count). The highest BCUT2D eigenvalue weighted by Gasteiger charge is 2.13. The Morgan fingerprint density at radius 2 is 1.86 bits per heavy atom. The summed E-state index contributed by atoms with van der Waals surface area (Å²) in [6.45, 7) is 0.260. The number of halogens is 2. The number of aromatic nitrogens is 1. The van der Waals surface area contributed by atoms with Crippen molar-refractivity contribution in [2.75, 3.05) is 0 Å². The van der Waals surface area contributed by atoms with Gasteiger partial charge in [0.25, 0.3) is 5.91 Å². The minimum atomic E-state index is -0.948. The third kappa shape index (κ3) is 4.62. The van der Waals surface area contributed by atoms with Crippen molar-refractivity contribution in [2.24, 2.45) is 7.05 Å². The Hall–Kier alpha value is -3.48. The van der Waals surface area contributed by atoms with E-state index in [-0.39, 0.29) is 29.9 Å². The van der Waals surface area contributed by atoms with Gasteiger partial charge in [-0.1, -0.05) is 30.3 Å². The highest BCUT2D eigenvalue weighted by atomic mass is 19.1. The minimum Gasteiger partial charge on any atom is -0.483 e. The summed E-state index contributed by atoms with van der Waals surface area (Å²) in [6, 6.07) is 13.5. The molecule has 1 amide bonds. The predicted molar refractivity (Wildman–Crippen MR) is 100.0 cm³/mol. The smallest absolute Gasteiger partial charge is 0.254 e. The second kappa shape index (κ2) is 8.47. The van der Waals surface area contributed by atoms with Crippen molar-refractivity contribution in [3.05, 3.63) is 99.5 Å². The van der Waals surface area contributed by atoms with E-state index in [0.29, 0.717) is 11.8 Å². The summed E-state index contributed by atoms with van der Waals surface area (Å²) in [4.78, 5) is 24.4. The van der Waals surface area contributed by atoms with E-state index in [2.05, 4.69) is 5.32 Å². The Balaban J connectivity index is 1.67. The first-order valence-corrected chi connectivity index (χ1v) is 8.53. The molecule has 0 atom stereocenters. The van der Waals surface area contributed by atoms with E-state index in [1.807, 2.05) is 30.3 Å². The Bertz CT molecular complexity index is 1050. The highest BCUT2D eigenvalue weighted by Crippen LogP contribution is 2.11. The van der Waals surface area contributed by atoms with Crippen LogP contribution >= 0.6 is 0 Å². The molecule has 2 aromatic carbocycles. The van der Waals surface area contributed by atoms with Crippen LogP contribution in [0.3, 0.4) is 0 Å². The number of nitrogens with zero attached hydrogens (tertiary/aromatic N) is 1. The molecule has 0 spiro atoms. The third-order valence-corrected chi connectivity index (χ3v) is 4.15. The molecule has 144 valence electrons. The number of carbonyl (C=O) groups excluding carboxylic acids is 1. The highest BCUT2D eigenvalue weighted by molar-refractivity contribution is 5.94. The fourth-order valence-corrected chi connectivity index (χ4v) is 2.61. The van der Waals surface area contributed by atoms with E-state index in [0.717, 1.165) is 17.7 Å². The second-order valence-corrected chi connectivity index (χ2v) is 6.19. The van der Waals surface area contributed by atoms with Gasteiger partial charge in [0.15, 0.2) is 5.75 Å². The maximum Gasteiger partial charge on any atom is 0.254 e. The maximum atomic E-state index is 13.7. The summed E-state index contributed by atoms with van der Waals surface area (Å²) in [6.07, 6.45) is 1.53. The van der Waals surface area contributed by atoms with Crippen molar-refractivity contribution in [1.82, 2.24) is 9.88 Å². The van der Waals surface area contributed by atoms with E-state index in [4.69, 9.17) is 4.74 Å².